The highest BCUT2D eigenvalue weighted by Gasteiger charge is 2.08. The highest BCUT2D eigenvalue weighted by molar-refractivity contribution is 6.04. The summed E-state index contributed by atoms with van der Waals surface area (Å²) >= 11 is 0. The fourth-order valence-electron chi connectivity index (χ4n) is 2.03. The molecule has 0 unspecified atom stereocenters. The van der Waals surface area contributed by atoms with Crippen molar-refractivity contribution in [2.45, 2.75) is 19.9 Å². The van der Waals surface area contributed by atoms with Crippen molar-refractivity contribution in [2.75, 3.05) is 17.7 Å². The van der Waals surface area contributed by atoms with E-state index in [1.807, 2.05) is 13.8 Å². The summed E-state index contributed by atoms with van der Waals surface area (Å²) in [5, 5.41) is 8.26. The molecule has 2 aromatic rings. The van der Waals surface area contributed by atoms with Gasteiger partial charge in [-0.05, 0) is 56.3 Å². The molecule has 24 heavy (non-hydrogen) atoms. The van der Waals surface area contributed by atoms with E-state index in [1.54, 1.807) is 55.6 Å². The van der Waals surface area contributed by atoms with Gasteiger partial charge in [0.1, 0.15) is 5.75 Å². The minimum Gasteiger partial charge on any atom is -0.497 e. The number of methoxy groups -OCH3 is 1. The maximum Gasteiger partial charge on any atom is 0.319 e. The van der Waals surface area contributed by atoms with E-state index in [9.17, 15) is 9.59 Å². The van der Waals surface area contributed by atoms with Crippen LogP contribution in [0.15, 0.2) is 48.5 Å². The van der Waals surface area contributed by atoms with Gasteiger partial charge in [-0.2, -0.15) is 0 Å². The summed E-state index contributed by atoms with van der Waals surface area (Å²) < 4.78 is 5.11. The largest absolute Gasteiger partial charge is 0.497 e. The molecule has 0 aliphatic carbocycles. The zero-order chi connectivity index (χ0) is 17.5. The first-order valence-corrected chi connectivity index (χ1v) is 7.61. The average molecular weight is 327 g/mol. The molecule has 0 heterocycles. The van der Waals surface area contributed by atoms with Crippen LogP contribution in [0, 0.1) is 0 Å². The number of carbonyl (C=O) groups is 2. The monoisotopic (exact) mass is 327 g/mol. The average Bonchev–Trinajstić information content (AvgIpc) is 2.56. The molecule has 0 aromatic heterocycles. The quantitative estimate of drug-likeness (QED) is 0.786. The van der Waals surface area contributed by atoms with Crippen LogP contribution >= 0.6 is 0 Å². The van der Waals surface area contributed by atoms with Crippen LogP contribution in [-0.4, -0.2) is 25.1 Å². The SMILES string of the molecule is COc1cccc(C(=O)Nc2ccc(NC(=O)NC(C)C)cc2)c1. The van der Waals surface area contributed by atoms with Crippen LogP contribution in [-0.2, 0) is 0 Å². The van der Waals surface area contributed by atoms with E-state index in [1.165, 1.54) is 0 Å². The van der Waals surface area contributed by atoms with E-state index in [-0.39, 0.29) is 18.0 Å². The van der Waals surface area contributed by atoms with E-state index in [0.717, 1.165) is 0 Å². The molecule has 2 rings (SSSR count). The Morgan fingerprint density at radius 3 is 2.17 bits per heavy atom. The van der Waals surface area contributed by atoms with Gasteiger partial charge in [0.05, 0.1) is 7.11 Å². The molecular formula is C18H21N3O3. The van der Waals surface area contributed by atoms with E-state index in [4.69, 9.17) is 4.74 Å². The minimum atomic E-state index is -0.266. The first kappa shape index (κ1) is 17.3. The second kappa shape index (κ2) is 8.01. The highest BCUT2D eigenvalue weighted by Crippen LogP contribution is 2.17. The van der Waals surface area contributed by atoms with Gasteiger partial charge in [-0.25, -0.2) is 4.79 Å². The van der Waals surface area contributed by atoms with Crippen molar-refractivity contribution < 1.29 is 14.3 Å². The van der Waals surface area contributed by atoms with Gasteiger partial charge in [-0.15, -0.1) is 0 Å². The molecule has 0 atom stereocenters. The Hall–Kier alpha value is -3.02. The van der Waals surface area contributed by atoms with Crippen molar-refractivity contribution in [2.24, 2.45) is 0 Å². The third kappa shape index (κ3) is 5.01. The molecule has 2 aromatic carbocycles. The number of hydrogen-bond donors (Lipinski definition) is 3. The fraction of sp³-hybridized carbons (Fsp3) is 0.222. The van der Waals surface area contributed by atoms with E-state index in [0.29, 0.717) is 22.7 Å². The van der Waals surface area contributed by atoms with Crippen LogP contribution in [0.4, 0.5) is 16.2 Å². The molecule has 0 aliphatic heterocycles. The topological polar surface area (TPSA) is 79.5 Å². The Morgan fingerprint density at radius 2 is 1.58 bits per heavy atom. The molecule has 3 amide bonds. The maximum atomic E-state index is 12.2. The van der Waals surface area contributed by atoms with Crippen molar-refractivity contribution in [3.8, 4) is 5.75 Å². The zero-order valence-electron chi connectivity index (χ0n) is 13.9. The molecule has 126 valence electrons. The molecule has 0 bridgehead atoms. The van der Waals surface area contributed by atoms with Crippen molar-refractivity contribution in [3.63, 3.8) is 0 Å². The Bertz CT molecular complexity index is 712. The van der Waals surface area contributed by atoms with Crippen LogP contribution in [0.2, 0.25) is 0 Å². The number of nitrogens with one attached hydrogen (secondary N) is 3. The summed E-state index contributed by atoms with van der Waals surface area (Å²) in [5.41, 5.74) is 1.79. The number of amides is 3. The van der Waals surface area contributed by atoms with Crippen LogP contribution in [0.5, 0.6) is 5.75 Å². The molecule has 6 heteroatoms. The first-order valence-electron chi connectivity index (χ1n) is 7.61. The van der Waals surface area contributed by atoms with Gasteiger partial charge in [0, 0.05) is 23.0 Å². The third-order valence-corrected chi connectivity index (χ3v) is 3.15. The fourth-order valence-corrected chi connectivity index (χ4v) is 2.03. The summed E-state index contributed by atoms with van der Waals surface area (Å²) in [7, 11) is 1.55. The number of carbonyl (C=O) groups excluding carboxylic acids is 2. The number of rotatable bonds is 5. The predicted octanol–water partition coefficient (Wildman–Crippen LogP) is 3.48. The smallest absolute Gasteiger partial charge is 0.319 e. The Kier molecular flexibility index (Phi) is 5.78. The summed E-state index contributed by atoms with van der Waals surface area (Å²) in [5.74, 6) is 0.394. The van der Waals surface area contributed by atoms with Gasteiger partial charge in [0.25, 0.3) is 5.91 Å². The van der Waals surface area contributed by atoms with Crippen molar-refractivity contribution in [3.05, 3.63) is 54.1 Å². The number of urea groups is 1. The summed E-state index contributed by atoms with van der Waals surface area (Å²) in [6.45, 7) is 3.77. The zero-order valence-corrected chi connectivity index (χ0v) is 13.9. The van der Waals surface area contributed by atoms with Crippen molar-refractivity contribution in [1.82, 2.24) is 5.32 Å². The molecular weight excluding hydrogens is 306 g/mol. The molecule has 6 nitrogen and oxygen atoms in total. The van der Waals surface area contributed by atoms with Gasteiger partial charge in [0.15, 0.2) is 0 Å². The standard InChI is InChI=1S/C18H21N3O3/c1-12(2)19-18(23)21-15-9-7-14(8-10-15)20-17(22)13-5-4-6-16(11-13)24-3/h4-12H,1-3H3,(H,20,22)(H2,19,21,23). The third-order valence-electron chi connectivity index (χ3n) is 3.15. The Labute approximate surface area is 141 Å². The van der Waals surface area contributed by atoms with Crippen LogP contribution in [0.3, 0.4) is 0 Å². The molecule has 0 radical (unpaired) electrons. The summed E-state index contributed by atoms with van der Waals surface area (Å²) in [4.78, 5) is 23.8. The van der Waals surface area contributed by atoms with Crippen LogP contribution in [0.25, 0.3) is 0 Å². The van der Waals surface area contributed by atoms with E-state index >= 15 is 0 Å². The van der Waals surface area contributed by atoms with Gasteiger partial charge in [-0.3, -0.25) is 4.79 Å². The van der Waals surface area contributed by atoms with E-state index in [2.05, 4.69) is 16.0 Å². The summed E-state index contributed by atoms with van der Waals surface area (Å²) in [6, 6.07) is 13.6. The van der Waals surface area contributed by atoms with Crippen molar-refractivity contribution in [1.29, 1.82) is 0 Å². The molecule has 0 saturated carbocycles. The van der Waals surface area contributed by atoms with Gasteiger partial charge in [-0.1, -0.05) is 6.07 Å². The van der Waals surface area contributed by atoms with Gasteiger partial charge < -0.3 is 20.7 Å². The van der Waals surface area contributed by atoms with Gasteiger partial charge in [0.2, 0.25) is 0 Å². The normalized spacial score (nSPS) is 10.2. The van der Waals surface area contributed by atoms with Crippen molar-refractivity contribution >= 4 is 23.3 Å². The van der Waals surface area contributed by atoms with Crippen LogP contribution < -0.4 is 20.7 Å². The molecule has 3 N–H and O–H groups in total. The van der Waals surface area contributed by atoms with Gasteiger partial charge >= 0.3 is 6.03 Å². The highest BCUT2D eigenvalue weighted by atomic mass is 16.5. The second-order valence-electron chi connectivity index (χ2n) is 5.52. The Morgan fingerprint density at radius 1 is 0.958 bits per heavy atom. The number of ether oxygens (including phenoxy) is 1. The lowest BCUT2D eigenvalue weighted by atomic mass is 10.2. The molecule has 0 spiro atoms. The lowest BCUT2D eigenvalue weighted by Gasteiger charge is -2.11. The maximum absolute atomic E-state index is 12.2. The number of anilines is 2. The van der Waals surface area contributed by atoms with Crippen LogP contribution in [0.1, 0.15) is 24.2 Å². The summed E-state index contributed by atoms with van der Waals surface area (Å²) in [6.07, 6.45) is 0. The number of benzene rings is 2. The second-order valence-corrected chi connectivity index (χ2v) is 5.52. The molecule has 0 aliphatic rings. The number of hydrogen-bond acceptors (Lipinski definition) is 3. The Balaban J connectivity index is 1.98. The first-order chi connectivity index (χ1) is 11.5. The lowest BCUT2D eigenvalue weighted by Crippen LogP contribution is -2.34. The minimum absolute atomic E-state index is 0.0615. The lowest BCUT2D eigenvalue weighted by molar-refractivity contribution is 0.102. The molecule has 0 fully saturated rings. The van der Waals surface area contributed by atoms with E-state index < -0.39 is 0 Å². The predicted molar refractivity (Wildman–Crippen MR) is 94.7 cm³/mol. The molecule has 0 saturated heterocycles.